The molecule has 9 nitrogen and oxygen atoms in total. The molecule has 2 fully saturated rings. The molecule has 2 saturated carbocycles. The summed E-state index contributed by atoms with van der Waals surface area (Å²) in [5.41, 5.74) is 1.05. The number of carbonyl (C=O) groups is 2. The maximum absolute atomic E-state index is 15.1. The molecule has 3 heterocycles. The molecule has 11 heteroatoms. The molecule has 1 atom stereocenters. The van der Waals surface area contributed by atoms with Crippen LogP contribution in [0.2, 0.25) is 5.02 Å². The molecule has 38 heavy (non-hydrogen) atoms. The molecule has 0 bridgehead atoms. The van der Waals surface area contributed by atoms with Crippen LogP contribution in [0.5, 0.6) is 0 Å². The molecule has 200 valence electrons. The molecule has 0 saturated heterocycles. The largest absolute Gasteiger partial charge is 0.618 e. The van der Waals surface area contributed by atoms with Gasteiger partial charge in [0.25, 0.3) is 5.91 Å². The number of pyridine rings is 2. The van der Waals surface area contributed by atoms with E-state index in [9.17, 15) is 14.8 Å². The first-order chi connectivity index (χ1) is 18.1. The fourth-order valence-corrected chi connectivity index (χ4v) is 5.34. The second-order valence-electron chi connectivity index (χ2n) is 10.5. The number of hydrogen-bond donors (Lipinski definition) is 2. The average molecular weight is 541 g/mol. The van der Waals surface area contributed by atoms with Crippen LogP contribution in [-0.2, 0) is 4.79 Å². The highest BCUT2D eigenvalue weighted by atomic mass is 35.5. The van der Waals surface area contributed by atoms with E-state index in [1.807, 2.05) is 13.8 Å². The van der Waals surface area contributed by atoms with Crippen molar-refractivity contribution in [1.29, 1.82) is 0 Å². The van der Waals surface area contributed by atoms with Gasteiger partial charge < -0.3 is 15.8 Å². The number of rotatable bonds is 9. The van der Waals surface area contributed by atoms with E-state index < -0.39 is 17.9 Å². The van der Waals surface area contributed by atoms with Gasteiger partial charge in [-0.25, -0.2) is 4.98 Å². The Hall–Kier alpha value is -3.53. The van der Waals surface area contributed by atoms with E-state index in [4.69, 9.17) is 11.6 Å². The minimum Gasteiger partial charge on any atom is -0.618 e. The molecule has 0 aliphatic heterocycles. The van der Waals surface area contributed by atoms with Crippen LogP contribution >= 0.6 is 11.6 Å². The average Bonchev–Trinajstić information content (AvgIpc) is 3.80. The summed E-state index contributed by atoms with van der Waals surface area (Å²) in [6, 6.07) is 5.23. The van der Waals surface area contributed by atoms with Crippen molar-refractivity contribution in [2.45, 2.75) is 58.5 Å². The van der Waals surface area contributed by atoms with Gasteiger partial charge in [0.2, 0.25) is 11.9 Å². The second kappa shape index (κ2) is 10.3. The molecule has 3 aromatic rings. The third-order valence-electron chi connectivity index (χ3n) is 7.31. The summed E-state index contributed by atoms with van der Waals surface area (Å²) < 4.78 is 17.3. The minimum atomic E-state index is -0.851. The van der Waals surface area contributed by atoms with Gasteiger partial charge in [-0.1, -0.05) is 11.6 Å². The number of halogens is 2. The Morgan fingerprint density at radius 3 is 2.45 bits per heavy atom. The molecule has 2 aliphatic rings. The lowest BCUT2D eigenvalue weighted by Gasteiger charge is -2.27. The van der Waals surface area contributed by atoms with E-state index in [1.54, 1.807) is 23.9 Å². The Morgan fingerprint density at radius 2 is 1.84 bits per heavy atom. The van der Waals surface area contributed by atoms with E-state index in [0.717, 1.165) is 25.7 Å². The minimum absolute atomic E-state index is 0.0000943. The molecule has 2 aliphatic carbocycles. The summed E-state index contributed by atoms with van der Waals surface area (Å²) in [6.45, 7) is 5.41. The lowest BCUT2D eigenvalue weighted by Crippen LogP contribution is -2.50. The first-order valence-corrected chi connectivity index (χ1v) is 13.2. The zero-order chi connectivity index (χ0) is 27.1. The van der Waals surface area contributed by atoms with E-state index in [-0.39, 0.29) is 40.0 Å². The summed E-state index contributed by atoms with van der Waals surface area (Å²) >= 11 is 5.99. The van der Waals surface area contributed by atoms with Gasteiger partial charge in [0.1, 0.15) is 22.6 Å². The third kappa shape index (κ3) is 5.36. The van der Waals surface area contributed by atoms with Gasteiger partial charge in [0, 0.05) is 24.7 Å². The van der Waals surface area contributed by atoms with Crippen molar-refractivity contribution in [1.82, 2.24) is 20.1 Å². The van der Waals surface area contributed by atoms with Crippen molar-refractivity contribution in [3.63, 3.8) is 0 Å². The van der Waals surface area contributed by atoms with E-state index in [2.05, 4.69) is 20.7 Å². The van der Waals surface area contributed by atoms with Gasteiger partial charge in [-0.3, -0.25) is 14.3 Å². The van der Waals surface area contributed by atoms with E-state index >= 15 is 4.39 Å². The highest BCUT2D eigenvalue weighted by Gasteiger charge is 2.48. The van der Waals surface area contributed by atoms with Gasteiger partial charge >= 0.3 is 0 Å². The zero-order valence-electron chi connectivity index (χ0n) is 21.4. The lowest BCUT2D eigenvalue weighted by molar-refractivity contribution is -0.611. The monoisotopic (exact) mass is 540 g/mol. The standard InChI is InChI=1S/C27H30ClFN6O3/c1-14(2)35-21(10-11-30-35)26(36)33-24(23(16-4-5-16)17-6-7-17)27(37)32-22-9-8-19(25(29)31-22)20-12-18(28)13-34(38)15(20)3/h8-14,16-17,23-24H,4-7H2,1-3H3,(H,33,36)(H,31,32,37)/t24-/m0/s1. The van der Waals surface area contributed by atoms with Crippen molar-refractivity contribution in [2.75, 3.05) is 5.32 Å². The predicted octanol–water partition coefficient (Wildman–Crippen LogP) is 4.43. The van der Waals surface area contributed by atoms with Gasteiger partial charge in [-0.05, 0) is 81.5 Å². The van der Waals surface area contributed by atoms with Crippen LogP contribution in [0, 0.1) is 35.8 Å². The molecule has 0 spiro atoms. The van der Waals surface area contributed by atoms with Gasteiger partial charge in [0.15, 0.2) is 11.9 Å². The van der Waals surface area contributed by atoms with Crippen molar-refractivity contribution in [3.05, 3.63) is 64.2 Å². The summed E-state index contributed by atoms with van der Waals surface area (Å²) in [4.78, 5) is 30.8. The molecule has 2 N–H and O–H groups in total. The Morgan fingerprint density at radius 1 is 1.16 bits per heavy atom. The molecule has 0 unspecified atom stereocenters. The number of anilines is 1. The van der Waals surface area contributed by atoms with Crippen LogP contribution in [-0.4, -0.2) is 32.6 Å². The highest BCUT2D eigenvalue weighted by molar-refractivity contribution is 6.30. The number of hydrogen-bond acceptors (Lipinski definition) is 5. The lowest BCUT2D eigenvalue weighted by atomic mass is 9.88. The Labute approximate surface area is 225 Å². The summed E-state index contributed by atoms with van der Waals surface area (Å²) in [5, 5.41) is 22.1. The van der Waals surface area contributed by atoms with Gasteiger partial charge in [-0.15, -0.1) is 0 Å². The zero-order valence-corrected chi connectivity index (χ0v) is 22.2. The first kappa shape index (κ1) is 26.1. The van der Waals surface area contributed by atoms with E-state index in [0.29, 0.717) is 27.8 Å². The number of aromatic nitrogens is 4. The van der Waals surface area contributed by atoms with Crippen LogP contribution in [0.25, 0.3) is 11.1 Å². The van der Waals surface area contributed by atoms with Crippen molar-refractivity contribution >= 4 is 29.2 Å². The molecule has 0 radical (unpaired) electrons. The third-order valence-corrected chi connectivity index (χ3v) is 7.52. The van der Waals surface area contributed by atoms with E-state index in [1.165, 1.54) is 24.4 Å². The molecule has 5 rings (SSSR count). The maximum Gasteiger partial charge on any atom is 0.270 e. The summed E-state index contributed by atoms with van der Waals surface area (Å²) in [5.74, 6) is -0.915. The quantitative estimate of drug-likeness (QED) is 0.236. The SMILES string of the molecule is Cc1c(-c2ccc(NC(=O)[C@@H](NC(=O)c3ccnn3C(C)C)C(C3CC3)C3CC3)nc2F)cc(Cl)c[n+]1[O-]. The fourth-order valence-electron chi connectivity index (χ4n) is 5.14. The second-order valence-corrected chi connectivity index (χ2v) is 10.9. The Bertz CT molecular complexity index is 1370. The van der Waals surface area contributed by atoms with Crippen molar-refractivity contribution in [2.24, 2.45) is 17.8 Å². The molecular formula is C27H30ClFN6O3. The topological polar surface area (TPSA) is 116 Å². The molecule has 0 aromatic carbocycles. The number of nitrogens with one attached hydrogen (secondary N) is 2. The smallest absolute Gasteiger partial charge is 0.270 e. The fraction of sp³-hybridized carbons (Fsp3) is 0.444. The number of nitrogens with zero attached hydrogens (tertiary/aromatic N) is 4. The molecular weight excluding hydrogens is 511 g/mol. The van der Waals surface area contributed by atoms with Crippen LogP contribution < -0.4 is 15.4 Å². The van der Waals surface area contributed by atoms with Crippen LogP contribution in [0.3, 0.4) is 0 Å². The van der Waals surface area contributed by atoms with Gasteiger partial charge in [0.05, 0.1) is 5.56 Å². The molecule has 3 aromatic heterocycles. The van der Waals surface area contributed by atoms with Crippen LogP contribution in [0.4, 0.5) is 10.2 Å². The Kier molecular flexibility index (Phi) is 7.09. The highest BCUT2D eigenvalue weighted by Crippen LogP contribution is 2.51. The number of amides is 2. The Balaban J connectivity index is 1.40. The molecule has 2 amide bonds. The summed E-state index contributed by atoms with van der Waals surface area (Å²) in [7, 11) is 0. The van der Waals surface area contributed by atoms with Crippen LogP contribution in [0.1, 0.15) is 61.8 Å². The van der Waals surface area contributed by atoms with Crippen LogP contribution in [0.15, 0.2) is 36.7 Å². The van der Waals surface area contributed by atoms with Crippen molar-refractivity contribution in [3.8, 4) is 11.1 Å². The first-order valence-electron chi connectivity index (χ1n) is 12.9. The number of carbonyl (C=O) groups excluding carboxylic acids is 2. The maximum atomic E-state index is 15.1. The normalized spacial score (nSPS) is 16.1. The van der Waals surface area contributed by atoms with Gasteiger partial charge in [-0.2, -0.15) is 14.2 Å². The van der Waals surface area contributed by atoms with Crippen molar-refractivity contribution < 1.29 is 18.7 Å². The predicted molar refractivity (Wildman–Crippen MR) is 140 cm³/mol. The summed E-state index contributed by atoms with van der Waals surface area (Å²) in [6.07, 6.45) is 6.83.